The smallest absolute Gasteiger partial charge is 0.240 e. The predicted molar refractivity (Wildman–Crippen MR) is 102 cm³/mol. The summed E-state index contributed by atoms with van der Waals surface area (Å²) >= 11 is 0. The molecule has 0 unspecified atom stereocenters. The number of nitrogens with zero attached hydrogens (tertiary/aromatic N) is 1. The van der Waals surface area contributed by atoms with Crippen LogP contribution in [0.15, 0.2) is 53.4 Å². The van der Waals surface area contributed by atoms with Crippen molar-refractivity contribution in [3.05, 3.63) is 54.1 Å². The number of methoxy groups -OCH3 is 2. The molecule has 2 aromatic rings. The molecule has 1 N–H and O–H groups in total. The molecule has 0 spiro atoms. The fraction of sp³-hybridized carbons (Fsp3) is 0.316. The molecule has 8 heteroatoms. The molecule has 27 heavy (non-hydrogen) atoms. The standard InChI is InChI=1S/C19H24N2O5S/c1-21(14-15-6-4-5-7-18(15)26-3)19(22)12-13-20-27(23,24)17-10-8-16(25-2)9-11-17/h4-11,20H,12-14H2,1-3H3. The third-order valence-electron chi connectivity index (χ3n) is 4.03. The first-order valence-corrected chi connectivity index (χ1v) is 9.85. The number of rotatable bonds is 9. The zero-order valence-electron chi connectivity index (χ0n) is 15.6. The van der Waals surface area contributed by atoms with E-state index in [4.69, 9.17) is 9.47 Å². The molecular weight excluding hydrogens is 368 g/mol. The zero-order valence-corrected chi connectivity index (χ0v) is 16.5. The lowest BCUT2D eigenvalue weighted by molar-refractivity contribution is -0.130. The van der Waals surface area contributed by atoms with E-state index in [2.05, 4.69) is 4.72 Å². The Labute approximate surface area is 160 Å². The quantitative estimate of drug-likeness (QED) is 0.706. The van der Waals surface area contributed by atoms with E-state index in [1.807, 2.05) is 24.3 Å². The SMILES string of the molecule is COc1ccc(S(=O)(=O)NCCC(=O)N(C)Cc2ccccc2OC)cc1. The lowest BCUT2D eigenvalue weighted by atomic mass is 10.2. The Morgan fingerprint density at radius 3 is 2.33 bits per heavy atom. The van der Waals surface area contributed by atoms with Gasteiger partial charge in [-0.2, -0.15) is 0 Å². The summed E-state index contributed by atoms with van der Waals surface area (Å²) in [5.74, 6) is 1.11. The molecule has 1 amide bonds. The maximum absolute atomic E-state index is 12.3. The second-order valence-electron chi connectivity index (χ2n) is 5.88. The van der Waals surface area contributed by atoms with E-state index >= 15 is 0 Å². The average molecular weight is 392 g/mol. The highest BCUT2D eigenvalue weighted by Gasteiger charge is 2.16. The third-order valence-corrected chi connectivity index (χ3v) is 5.50. The molecular formula is C19H24N2O5S. The normalized spacial score (nSPS) is 11.1. The molecule has 0 saturated carbocycles. The first-order chi connectivity index (χ1) is 12.9. The molecule has 0 aromatic heterocycles. The fourth-order valence-corrected chi connectivity index (χ4v) is 3.53. The number of hydrogen-bond acceptors (Lipinski definition) is 5. The van der Waals surface area contributed by atoms with Gasteiger partial charge in [0.25, 0.3) is 0 Å². The van der Waals surface area contributed by atoms with E-state index in [1.165, 1.54) is 19.2 Å². The second kappa shape index (κ2) is 9.38. The van der Waals surface area contributed by atoms with E-state index in [0.717, 1.165) is 5.56 Å². The number of para-hydroxylation sites is 1. The van der Waals surface area contributed by atoms with Crippen molar-refractivity contribution in [2.75, 3.05) is 27.8 Å². The van der Waals surface area contributed by atoms with Crippen LogP contribution in [0.2, 0.25) is 0 Å². The Balaban J connectivity index is 1.88. The highest BCUT2D eigenvalue weighted by molar-refractivity contribution is 7.89. The van der Waals surface area contributed by atoms with E-state index in [-0.39, 0.29) is 23.8 Å². The van der Waals surface area contributed by atoms with Crippen LogP contribution in [0.1, 0.15) is 12.0 Å². The van der Waals surface area contributed by atoms with Crippen LogP contribution in [0.5, 0.6) is 11.5 Å². The van der Waals surface area contributed by atoms with Crippen molar-refractivity contribution < 1.29 is 22.7 Å². The van der Waals surface area contributed by atoms with Gasteiger partial charge in [0.15, 0.2) is 0 Å². The summed E-state index contributed by atoms with van der Waals surface area (Å²) in [5, 5.41) is 0. The van der Waals surface area contributed by atoms with Gasteiger partial charge >= 0.3 is 0 Å². The van der Waals surface area contributed by atoms with Crippen LogP contribution in [0.3, 0.4) is 0 Å². The summed E-state index contributed by atoms with van der Waals surface area (Å²) in [6.07, 6.45) is 0.0566. The number of carbonyl (C=O) groups excluding carboxylic acids is 1. The van der Waals surface area contributed by atoms with E-state index < -0.39 is 10.0 Å². The fourth-order valence-electron chi connectivity index (χ4n) is 2.50. The van der Waals surface area contributed by atoms with Crippen molar-refractivity contribution >= 4 is 15.9 Å². The molecule has 0 aliphatic carbocycles. The topological polar surface area (TPSA) is 84.9 Å². The third kappa shape index (κ3) is 5.70. The van der Waals surface area contributed by atoms with Crippen LogP contribution in [-0.2, 0) is 21.4 Å². The summed E-state index contributed by atoms with van der Waals surface area (Å²) in [6.45, 7) is 0.400. The lowest BCUT2D eigenvalue weighted by Crippen LogP contribution is -2.32. The number of ether oxygens (including phenoxy) is 2. The monoisotopic (exact) mass is 392 g/mol. The van der Waals surface area contributed by atoms with Crippen LogP contribution >= 0.6 is 0 Å². The molecule has 146 valence electrons. The van der Waals surface area contributed by atoms with Crippen molar-refractivity contribution in [3.8, 4) is 11.5 Å². The summed E-state index contributed by atoms with van der Waals surface area (Å²) < 4.78 is 37.3. The molecule has 0 aliphatic heterocycles. The number of benzene rings is 2. The average Bonchev–Trinajstić information content (AvgIpc) is 2.68. The molecule has 0 atom stereocenters. The van der Waals surface area contributed by atoms with Crippen molar-refractivity contribution in [1.82, 2.24) is 9.62 Å². The van der Waals surface area contributed by atoms with Gasteiger partial charge in [-0.3, -0.25) is 4.79 Å². The minimum absolute atomic E-state index is 0.0173. The van der Waals surface area contributed by atoms with Gasteiger partial charge in [0.1, 0.15) is 11.5 Å². The van der Waals surface area contributed by atoms with E-state index in [0.29, 0.717) is 18.0 Å². The number of sulfonamides is 1. The Morgan fingerprint density at radius 2 is 1.70 bits per heavy atom. The molecule has 0 saturated heterocycles. The Kier molecular flexibility index (Phi) is 7.20. The summed E-state index contributed by atoms with van der Waals surface area (Å²) in [6, 6.07) is 13.5. The molecule has 0 bridgehead atoms. The van der Waals surface area contributed by atoms with Crippen LogP contribution < -0.4 is 14.2 Å². The Hall–Kier alpha value is -2.58. The minimum Gasteiger partial charge on any atom is -0.497 e. The van der Waals surface area contributed by atoms with Crippen molar-refractivity contribution in [1.29, 1.82) is 0 Å². The molecule has 2 rings (SSSR count). The lowest BCUT2D eigenvalue weighted by Gasteiger charge is -2.19. The molecule has 0 fully saturated rings. The van der Waals surface area contributed by atoms with Crippen molar-refractivity contribution in [2.24, 2.45) is 0 Å². The van der Waals surface area contributed by atoms with E-state index in [1.54, 1.807) is 31.2 Å². The maximum Gasteiger partial charge on any atom is 0.240 e. The van der Waals surface area contributed by atoms with Crippen LogP contribution in [-0.4, -0.2) is 47.0 Å². The Morgan fingerprint density at radius 1 is 1.04 bits per heavy atom. The first kappa shape index (κ1) is 20.7. The molecule has 0 aliphatic rings. The number of amides is 1. The molecule has 0 heterocycles. The second-order valence-corrected chi connectivity index (χ2v) is 7.65. The Bertz CT molecular complexity index is 866. The largest absolute Gasteiger partial charge is 0.497 e. The van der Waals surface area contributed by atoms with Crippen molar-refractivity contribution in [3.63, 3.8) is 0 Å². The molecule has 0 radical (unpaired) electrons. The van der Waals surface area contributed by atoms with Crippen molar-refractivity contribution in [2.45, 2.75) is 17.9 Å². The van der Waals surface area contributed by atoms with Gasteiger partial charge in [0, 0.05) is 32.1 Å². The van der Waals surface area contributed by atoms with Gasteiger partial charge in [-0.1, -0.05) is 18.2 Å². The number of nitrogens with one attached hydrogen (secondary N) is 1. The summed E-state index contributed by atoms with van der Waals surface area (Å²) in [7, 11) is 1.09. The highest BCUT2D eigenvalue weighted by Crippen LogP contribution is 2.19. The molecule has 2 aromatic carbocycles. The van der Waals surface area contributed by atoms with Gasteiger partial charge < -0.3 is 14.4 Å². The van der Waals surface area contributed by atoms with Crippen LogP contribution in [0, 0.1) is 0 Å². The first-order valence-electron chi connectivity index (χ1n) is 8.37. The van der Waals surface area contributed by atoms with Crippen LogP contribution in [0.25, 0.3) is 0 Å². The number of carbonyl (C=O) groups is 1. The van der Waals surface area contributed by atoms with E-state index in [9.17, 15) is 13.2 Å². The summed E-state index contributed by atoms with van der Waals surface area (Å²) in [4.78, 5) is 14.0. The predicted octanol–water partition coefficient (Wildman–Crippen LogP) is 2.03. The van der Waals surface area contributed by atoms with Crippen LogP contribution in [0.4, 0.5) is 0 Å². The highest BCUT2D eigenvalue weighted by atomic mass is 32.2. The zero-order chi connectivity index (χ0) is 19.9. The van der Waals surface area contributed by atoms with Gasteiger partial charge in [0.05, 0.1) is 19.1 Å². The number of hydrogen-bond donors (Lipinski definition) is 1. The minimum atomic E-state index is -3.67. The van der Waals surface area contributed by atoms with Gasteiger partial charge in [-0.05, 0) is 30.3 Å². The van der Waals surface area contributed by atoms with Gasteiger partial charge in [-0.15, -0.1) is 0 Å². The van der Waals surface area contributed by atoms with Gasteiger partial charge in [-0.25, -0.2) is 13.1 Å². The van der Waals surface area contributed by atoms with Gasteiger partial charge in [0.2, 0.25) is 15.9 Å². The molecule has 7 nitrogen and oxygen atoms in total. The maximum atomic E-state index is 12.3. The summed E-state index contributed by atoms with van der Waals surface area (Å²) in [5.41, 5.74) is 0.884.